The lowest BCUT2D eigenvalue weighted by Crippen LogP contribution is -2.15. The molecule has 0 saturated carbocycles. The molecule has 0 spiro atoms. The largest absolute Gasteiger partial charge is 0.320 e. The van der Waals surface area contributed by atoms with Crippen molar-refractivity contribution in [3.63, 3.8) is 0 Å². The number of aromatic nitrogens is 1. The third-order valence-electron chi connectivity index (χ3n) is 3.61. The van der Waals surface area contributed by atoms with Crippen molar-refractivity contribution >= 4 is 0 Å². The summed E-state index contributed by atoms with van der Waals surface area (Å²) in [5.74, 6) is 0. The van der Waals surface area contributed by atoms with Gasteiger partial charge in [0.1, 0.15) is 0 Å². The van der Waals surface area contributed by atoms with Gasteiger partial charge in [0.05, 0.1) is 6.04 Å². The van der Waals surface area contributed by atoms with Crippen LogP contribution in [0.1, 0.15) is 55.8 Å². The Bertz CT molecular complexity index is 396. The number of hydrogen-bond donors (Lipinski definition) is 1. The molecule has 0 radical (unpaired) electrons. The minimum atomic E-state index is 0.0433. The first-order valence-electron chi connectivity index (χ1n) is 6.65. The molecule has 0 aromatic carbocycles. The van der Waals surface area contributed by atoms with Crippen LogP contribution in [0, 0.1) is 6.92 Å². The lowest BCUT2D eigenvalue weighted by molar-refractivity contribution is 0.601. The Morgan fingerprint density at radius 1 is 1.24 bits per heavy atom. The molecule has 17 heavy (non-hydrogen) atoms. The maximum absolute atomic E-state index is 6.38. The summed E-state index contributed by atoms with van der Waals surface area (Å²) in [5, 5.41) is 0. The summed E-state index contributed by atoms with van der Waals surface area (Å²) in [6.07, 6.45) is 11.8. The standard InChI is InChI=1S/C15H22N2/c1-12-14(10-7-11-17-12)15(16)13-8-5-3-2-4-6-9-13/h7-8,10-11,15H,2-6,9,16H2,1H3/b13-8+. The van der Waals surface area contributed by atoms with Gasteiger partial charge in [-0.25, -0.2) is 0 Å². The predicted octanol–water partition coefficient (Wildman–Crippen LogP) is 3.67. The second kappa shape index (κ2) is 5.97. The van der Waals surface area contributed by atoms with Crippen LogP contribution in [0.3, 0.4) is 0 Å². The third kappa shape index (κ3) is 3.16. The first kappa shape index (κ1) is 12.3. The summed E-state index contributed by atoms with van der Waals surface area (Å²) in [6.45, 7) is 2.04. The second-order valence-corrected chi connectivity index (χ2v) is 4.89. The Morgan fingerprint density at radius 2 is 2.06 bits per heavy atom. The zero-order valence-corrected chi connectivity index (χ0v) is 10.7. The number of nitrogens with two attached hydrogens (primary N) is 1. The highest BCUT2D eigenvalue weighted by atomic mass is 14.7. The van der Waals surface area contributed by atoms with Gasteiger partial charge in [-0.2, -0.15) is 0 Å². The minimum absolute atomic E-state index is 0.0433. The van der Waals surface area contributed by atoms with Crippen LogP contribution in [0.5, 0.6) is 0 Å². The van der Waals surface area contributed by atoms with Crippen LogP contribution in [0.25, 0.3) is 0 Å². The zero-order valence-electron chi connectivity index (χ0n) is 10.7. The van der Waals surface area contributed by atoms with E-state index < -0.39 is 0 Å². The van der Waals surface area contributed by atoms with Gasteiger partial charge in [-0.15, -0.1) is 0 Å². The van der Waals surface area contributed by atoms with Crippen molar-refractivity contribution in [2.24, 2.45) is 5.73 Å². The fourth-order valence-electron chi connectivity index (χ4n) is 2.52. The van der Waals surface area contributed by atoms with Crippen molar-refractivity contribution in [2.75, 3.05) is 0 Å². The molecule has 1 atom stereocenters. The molecular weight excluding hydrogens is 208 g/mol. The van der Waals surface area contributed by atoms with Crippen LogP contribution in [0.4, 0.5) is 0 Å². The lowest BCUT2D eigenvalue weighted by Gasteiger charge is -2.19. The Morgan fingerprint density at radius 3 is 2.88 bits per heavy atom. The summed E-state index contributed by atoms with van der Waals surface area (Å²) in [6, 6.07) is 4.12. The Labute approximate surface area is 104 Å². The van der Waals surface area contributed by atoms with Gasteiger partial charge in [0.15, 0.2) is 0 Å². The van der Waals surface area contributed by atoms with Crippen molar-refractivity contribution in [1.29, 1.82) is 0 Å². The SMILES string of the molecule is Cc1ncccc1C(N)/C1=C/CCCCCC1. The summed E-state index contributed by atoms with van der Waals surface area (Å²) in [7, 11) is 0. The fraction of sp³-hybridized carbons (Fsp3) is 0.533. The van der Waals surface area contributed by atoms with E-state index in [-0.39, 0.29) is 6.04 Å². The number of pyridine rings is 1. The molecular formula is C15H22N2. The van der Waals surface area contributed by atoms with Crippen molar-refractivity contribution in [3.05, 3.63) is 41.2 Å². The van der Waals surface area contributed by atoms with Crippen LogP contribution < -0.4 is 5.73 Å². The molecule has 0 fully saturated rings. The van der Waals surface area contributed by atoms with E-state index in [2.05, 4.69) is 17.1 Å². The Kier molecular flexibility index (Phi) is 4.32. The van der Waals surface area contributed by atoms with Crippen molar-refractivity contribution < 1.29 is 0 Å². The number of aryl methyl sites for hydroxylation is 1. The number of nitrogens with zero attached hydrogens (tertiary/aromatic N) is 1. The second-order valence-electron chi connectivity index (χ2n) is 4.89. The molecule has 2 nitrogen and oxygen atoms in total. The molecule has 2 N–H and O–H groups in total. The molecule has 0 aliphatic heterocycles. The number of hydrogen-bond acceptors (Lipinski definition) is 2. The summed E-state index contributed by atoms with van der Waals surface area (Å²) >= 11 is 0. The van der Waals surface area contributed by atoms with E-state index in [0.717, 1.165) is 12.1 Å². The first-order chi connectivity index (χ1) is 8.29. The van der Waals surface area contributed by atoms with Crippen LogP contribution in [0.15, 0.2) is 30.0 Å². The quantitative estimate of drug-likeness (QED) is 0.787. The van der Waals surface area contributed by atoms with E-state index in [1.165, 1.54) is 43.2 Å². The van der Waals surface area contributed by atoms with Crippen LogP contribution in [0.2, 0.25) is 0 Å². The molecule has 0 bridgehead atoms. The van der Waals surface area contributed by atoms with E-state index >= 15 is 0 Å². The van der Waals surface area contributed by atoms with Gasteiger partial charge in [0, 0.05) is 11.9 Å². The molecule has 1 aliphatic rings. The van der Waals surface area contributed by atoms with Gasteiger partial charge >= 0.3 is 0 Å². The monoisotopic (exact) mass is 230 g/mol. The third-order valence-corrected chi connectivity index (χ3v) is 3.61. The maximum Gasteiger partial charge on any atom is 0.0528 e. The molecule has 92 valence electrons. The highest BCUT2D eigenvalue weighted by Gasteiger charge is 2.14. The van der Waals surface area contributed by atoms with E-state index in [4.69, 9.17) is 5.73 Å². The van der Waals surface area contributed by atoms with Gasteiger partial charge < -0.3 is 5.73 Å². The van der Waals surface area contributed by atoms with Gasteiger partial charge in [-0.1, -0.05) is 30.6 Å². The highest BCUT2D eigenvalue weighted by molar-refractivity contribution is 5.30. The number of rotatable bonds is 2. The van der Waals surface area contributed by atoms with Crippen molar-refractivity contribution in [2.45, 2.75) is 51.5 Å². The molecule has 1 unspecified atom stereocenters. The molecule has 0 saturated heterocycles. The molecule has 2 heteroatoms. The van der Waals surface area contributed by atoms with Gasteiger partial charge in [0.25, 0.3) is 0 Å². The van der Waals surface area contributed by atoms with Crippen molar-refractivity contribution in [3.8, 4) is 0 Å². The van der Waals surface area contributed by atoms with Gasteiger partial charge in [-0.05, 0) is 44.2 Å². The average Bonchev–Trinajstić information content (AvgIpc) is 2.28. The molecule has 1 aliphatic carbocycles. The smallest absolute Gasteiger partial charge is 0.0528 e. The van der Waals surface area contributed by atoms with Crippen molar-refractivity contribution in [1.82, 2.24) is 4.98 Å². The first-order valence-corrected chi connectivity index (χ1v) is 6.65. The van der Waals surface area contributed by atoms with E-state index in [0.29, 0.717) is 0 Å². The normalized spacial score (nSPS) is 22.1. The topological polar surface area (TPSA) is 38.9 Å². The van der Waals surface area contributed by atoms with Crippen LogP contribution >= 0.6 is 0 Å². The predicted molar refractivity (Wildman–Crippen MR) is 71.7 cm³/mol. The van der Waals surface area contributed by atoms with E-state index in [1.54, 1.807) is 0 Å². The minimum Gasteiger partial charge on any atom is -0.320 e. The molecule has 1 aromatic heterocycles. The molecule has 1 heterocycles. The van der Waals surface area contributed by atoms with Crippen LogP contribution in [-0.2, 0) is 0 Å². The van der Waals surface area contributed by atoms with E-state index in [9.17, 15) is 0 Å². The van der Waals surface area contributed by atoms with Gasteiger partial charge in [0.2, 0.25) is 0 Å². The maximum atomic E-state index is 6.38. The van der Waals surface area contributed by atoms with Crippen LogP contribution in [-0.4, -0.2) is 4.98 Å². The fourth-order valence-corrected chi connectivity index (χ4v) is 2.52. The zero-order chi connectivity index (χ0) is 12.1. The summed E-state index contributed by atoms with van der Waals surface area (Å²) in [5.41, 5.74) is 10.0. The van der Waals surface area contributed by atoms with E-state index in [1.807, 2.05) is 19.2 Å². The molecule has 2 rings (SSSR count). The Hall–Kier alpha value is -1.15. The lowest BCUT2D eigenvalue weighted by atomic mass is 9.91. The molecule has 1 aromatic rings. The number of allylic oxidation sites excluding steroid dienone is 1. The van der Waals surface area contributed by atoms with Gasteiger partial charge in [-0.3, -0.25) is 4.98 Å². The highest BCUT2D eigenvalue weighted by Crippen LogP contribution is 2.27. The average molecular weight is 230 g/mol. The summed E-state index contributed by atoms with van der Waals surface area (Å²) < 4.78 is 0. The molecule has 0 amide bonds. The Balaban J connectivity index is 2.18. The summed E-state index contributed by atoms with van der Waals surface area (Å²) in [4.78, 5) is 4.33.